The van der Waals surface area contributed by atoms with Crippen LogP contribution in [0.4, 0.5) is 0 Å². The number of nitrogens with one attached hydrogen (secondary N) is 3. The molecule has 5 N–H and O–H groups in total. The van der Waals surface area contributed by atoms with Crippen molar-refractivity contribution in [2.75, 3.05) is 20.3 Å². The van der Waals surface area contributed by atoms with Crippen molar-refractivity contribution in [2.24, 2.45) is 11.7 Å². The van der Waals surface area contributed by atoms with Crippen LogP contribution in [-0.4, -0.2) is 44.0 Å². The molecule has 1 fully saturated rings. The van der Waals surface area contributed by atoms with Crippen molar-refractivity contribution < 1.29 is 23.5 Å². The van der Waals surface area contributed by atoms with Gasteiger partial charge in [0, 0.05) is 44.5 Å². The number of benzene rings is 2. The van der Waals surface area contributed by atoms with E-state index < -0.39 is 11.9 Å². The molecule has 1 aliphatic heterocycles. The second-order valence-electron chi connectivity index (χ2n) is 8.97. The Kier molecular flexibility index (Phi) is 8.71. The second kappa shape index (κ2) is 12.3. The number of likely N-dealkylation sites (N-methyl/N-ethyl adjacent to an activating group) is 1. The lowest BCUT2D eigenvalue weighted by molar-refractivity contribution is -0.124. The predicted molar refractivity (Wildman–Crippen MR) is 139 cm³/mol. The topological polar surface area (TPSA) is 136 Å². The summed E-state index contributed by atoms with van der Waals surface area (Å²) in [6, 6.07) is 17.4. The molecule has 1 aliphatic rings. The minimum Gasteiger partial charge on any atom is -0.451 e. The fourth-order valence-corrected chi connectivity index (χ4v) is 4.39. The van der Waals surface area contributed by atoms with Crippen molar-refractivity contribution in [3.63, 3.8) is 0 Å². The Bertz CT molecular complexity index is 1250. The normalized spacial score (nSPS) is 14.5. The maximum absolute atomic E-state index is 12.9. The molecule has 4 rings (SSSR count). The van der Waals surface area contributed by atoms with Gasteiger partial charge < -0.3 is 30.8 Å². The molecule has 1 saturated heterocycles. The van der Waals surface area contributed by atoms with Crippen molar-refractivity contribution in [1.29, 1.82) is 0 Å². The van der Waals surface area contributed by atoms with Crippen LogP contribution >= 0.6 is 0 Å². The summed E-state index contributed by atoms with van der Waals surface area (Å²) in [4.78, 5) is 37.9. The second-order valence-corrected chi connectivity index (χ2v) is 8.97. The Balaban J connectivity index is 1.41. The largest absolute Gasteiger partial charge is 0.451 e. The van der Waals surface area contributed by atoms with E-state index in [-0.39, 0.29) is 23.5 Å². The van der Waals surface area contributed by atoms with Crippen LogP contribution in [0.25, 0.3) is 11.3 Å². The number of ether oxygens (including phenoxy) is 1. The zero-order chi connectivity index (χ0) is 26.2. The van der Waals surface area contributed by atoms with Crippen LogP contribution in [0.1, 0.15) is 44.9 Å². The van der Waals surface area contributed by atoms with Crippen molar-refractivity contribution in [3.05, 3.63) is 83.1 Å². The molecule has 2 heterocycles. The zero-order valence-electron chi connectivity index (χ0n) is 20.8. The Morgan fingerprint density at radius 1 is 0.973 bits per heavy atom. The molecule has 0 bridgehead atoms. The van der Waals surface area contributed by atoms with Gasteiger partial charge >= 0.3 is 0 Å². The lowest BCUT2D eigenvalue weighted by Gasteiger charge is -2.29. The molecule has 0 unspecified atom stereocenters. The van der Waals surface area contributed by atoms with Crippen molar-refractivity contribution >= 4 is 17.7 Å². The van der Waals surface area contributed by atoms with Gasteiger partial charge in [-0.25, -0.2) is 0 Å². The van der Waals surface area contributed by atoms with Gasteiger partial charge in [0.15, 0.2) is 5.76 Å². The van der Waals surface area contributed by atoms with E-state index in [0.717, 1.165) is 16.7 Å². The number of nitrogens with two attached hydrogens (primary N) is 1. The smallest absolute Gasteiger partial charge is 0.287 e. The number of furan rings is 1. The summed E-state index contributed by atoms with van der Waals surface area (Å²) in [6.45, 7) is 1.83. The molecular formula is C28H32N4O5. The molecule has 1 atom stereocenters. The average molecular weight is 505 g/mol. The van der Waals surface area contributed by atoms with Gasteiger partial charge in [0.05, 0.1) is 0 Å². The Morgan fingerprint density at radius 3 is 2.49 bits per heavy atom. The number of hydrogen-bond donors (Lipinski definition) is 4. The first-order chi connectivity index (χ1) is 18.0. The first kappa shape index (κ1) is 26.1. The van der Waals surface area contributed by atoms with Gasteiger partial charge in [-0.05, 0) is 60.2 Å². The van der Waals surface area contributed by atoms with Gasteiger partial charge in [-0.15, -0.1) is 0 Å². The summed E-state index contributed by atoms with van der Waals surface area (Å²) in [5.41, 5.74) is 8.75. The molecule has 0 saturated carbocycles. The minimum atomic E-state index is -0.660. The summed E-state index contributed by atoms with van der Waals surface area (Å²) in [6.07, 6.45) is 1.40. The van der Waals surface area contributed by atoms with Crippen LogP contribution in [0.2, 0.25) is 0 Å². The van der Waals surface area contributed by atoms with Gasteiger partial charge in [-0.2, -0.15) is 0 Å². The van der Waals surface area contributed by atoms with E-state index in [9.17, 15) is 14.4 Å². The van der Waals surface area contributed by atoms with E-state index in [1.54, 1.807) is 31.3 Å². The molecule has 3 amide bonds. The van der Waals surface area contributed by atoms with Gasteiger partial charge in [0.25, 0.3) is 11.8 Å². The number of carbonyl (C=O) groups excluding carboxylic acids is 3. The molecule has 0 spiro atoms. The molecule has 9 heteroatoms. The SMILES string of the molecule is CNC(=O)[C@@H](NC(=O)c1ccc(-c2cccc(CNC(=O)c3cccc(CN)c3)c2)o1)C1CCOCC1. The lowest BCUT2D eigenvalue weighted by Crippen LogP contribution is -2.51. The number of amides is 3. The van der Waals surface area contributed by atoms with Crippen LogP contribution in [-0.2, 0) is 22.6 Å². The fraction of sp³-hybridized carbons (Fsp3) is 0.321. The highest BCUT2D eigenvalue weighted by Gasteiger charge is 2.31. The van der Waals surface area contributed by atoms with Gasteiger partial charge in [0.2, 0.25) is 5.91 Å². The maximum atomic E-state index is 12.9. The van der Waals surface area contributed by atoms with E-state index in [4.69, 9.17) is 14.9 Å². The van der Waals surface area contributed by atoms with E-state index in [0.29, 0.717) is 50.5 Å². The fourth-order valence-electron chi connectivity index (χ4n) is 4.39. The highest BCUT2D eigenvalue weighted by atomic mass is 16.5. The molecule has 0 radical (unpaired) electrons. The van der Waals surface area contributed by atoms with E-state index in [1.807, 2.05) is 36.4 Å². The highest BCUT2D eigenvalue weighted by Crippen LogP contribution is 2.24. The van der Waals surface area contributed by atoms with Crippen LogP contribution < -0.4 is 21.7 Å². The van der Waals surface area contributed by atoms with Crippen LogP contribution in [0.3, 0.4) is 0 Å². The summed E-state index contributed by atoms with van der Waals surface area (Å²) in [7, 11) is 1.55. The third-order valence-electron chi connectivity index (χ3n) is 6.47. The molecule has 2 aromatic carbocycles. The zero-order valence-corrected chi connectivity index (χ0v) is 20.8. The van der Waals surface area contributed by atoms with E-state index in [1.165, 1.54) is 0 Å². The minimum absolute atomic E-state index is 0.00300. The Morgan fingerprint density at radius 2 is 1.73 bits per heavy atom. The molecule has 0 aliphatic carbocycles. The van der Waals surface area contributed by atoms with Crippen molar-refractivity contribution in [3.8, 4) is 11.3 Å². The average Bonchev–Trinajstić information content (AvgIpc) is 3.45. The summed E-state index contributed by atoms with van der Waals surface area (Å²) < 4.78 is 11.2. The molecule has 37 heavy (non-hydrogen) atoms. The van der Waals surface area contributed by atoms with Crippen LogP contribution in [0, 0.1) is 5.92 Å². The first-order valence-corrected chi connectivity index (χ1v) is 12.3. The van der Waals surface area contributed by atoms with E-state index >= 15 is 0 Å². The Hall–Kier alpha value is -3.95. The van der Waals surface area contributed by atoms with Crippen LogP contribution in [0.5, 0.6) is 0 Å². The standard InChI is InChI=1S/C28H32N4O5/c1-30-28(35)25(20-10-12-36-13-11-20)32-27(34)24-9-8-23(37-24)21-6-3-5-19(15-21)17-31-26(33)22-7-2-4-18(14-22)16-29/h2-9,14-15,20,25H,10-13,16-17,29H2,1H3,(H,30,35)(H,31,33)(H,32,34)/t25-/m0/s1. The molecule has 3 aromatic rings. The third-order valence-corrected chi connectivity index (χ3v) is 6.47. The number of hydrogen-bond acceptors (Lipinski definition) is 6. The quantitative estimate of drug-likeness (QED) is 0.354. The summed E-state index contributed by atoms with van der Waals surface area (Å²) >= 11 is 0. The molecule has 9 nitrogen and oxygen atoms in total. The number of carbonyl (C=O) groups is 3. The monoisotopic (exact) mass is 504 g/mol. The van der Waals surface area contributed by atoms with Gasteiger partial charge in [-0.3, -0.25) is 14.4 Å². The summed E-state index contributed by atoms with van der Waals surface area (Å²) in [5, 5.41) is 8.38. The van der Waals surface area contributed by atoms with Crippen LogP contribution in [0.15, 0.2) is 65.1 Å². The first-order valence-electron chi connectivity index (χ1n) is 12.3. The van der Waals surface area contributed by atoms with Crippen molar-refractivity contribution in [1.82, 2.24) is 16.0 Å². The molecular weight excluding hydrogens is 472 g/mol. The maximum Gasteiger partial charge on any atom is 0.287 e. The van der Waals surface area contributed by atoms with Gasteiger partial charge in [0.1, 0.15) is 11.8 Å². The molecule has 194 valence electrons. The third kappa shape index (κ3) is 6.63. The number of rotatable bonds is 9. The lowest BCUT2D eigenvalue weighted by atomic mass is 9.91. The molecule has 1 aromatic heterocycles. The highest BCUT2D eigenvalue weighted by molar-refractivity contribution is 5.96. The van der Waals surface area contributed by atoms with Gasteiger partial charge in [-0.1, -0.05) is 30.3 Å². The Labute approximate surface area is 215 Å². The van der Waals surface area contributed by atoms with Crippen molar-refractivity contribution in [2.45, 2.75) is 32.0 Å². The summed E-state index contributed by atoms with van der Waals surface area (Å²) in [5.74, 6) is -0.249. The predicted octanol–water partition coefficient (Wildman–Crippen LogP) is 2.61. The van der Waals surface area contributed by atoms with E-state index in [2.05, 4.69) is 16.0 Å².